The summed E-state index contributed by atoms with van der Waals surface area (Å²) in [7, 11) is -3.72. The minimum atomic E-state index is -4.61. The van der Waals surface area contributed by atoms with Crippen molar-refractivity contribution >= 4 is 43.0 Å². The molecule has 0 radical (unpaired) electrons. The predicted molar refractivity (Wildman–Crippen MR) is 104 cm³/mol. The molecular formula is C17H15BrF3N3O2S2. The van der Waals surface area contributed by atoms with Crippen molar-refractivity contribution < 1.29 is 21.6 Å². The Bertz CT molecular complexity index is 1030. The highest BCUT2D eigenvalue weighted by Gasteiger charge is 2.39. The van der Waals surface area contributed by atoms with E-state index < -0.39 is 27.8 Å². The van der Waals surface area contributed by atoms with E-state index in [1.165, 1.54) is 27.4 Å². The van der Waals surface area contributed by atoms with Crippen molar-refractivity contribution in [1.29, 1.82) is 5.26 Å². The molecule has 1 aliphatic heterocycles. The number of sulfonamides is 1. The summed E-state index contributed by atoms with van der Waals surface area (Å²) in [6.45, 7) is 1.96. The molecule has 0 unspecified atom stereocenters. The van der Waals surface area contributed by atoms with E-state index in [4.69, 9.17) is 5.26 Å². The molecule has 0 saturated carbocycles. The molecule has 0 bridgehead atoms. The zero-order valence-corrected chi connectivity index (χ0v) is 17.8. The fourth-order valence-corrected chi connectivity index (χ4v) is 6.93. The second-order valence-electron chi connectivity index (χ2n) is 6.31. The molecule has 5 nitrogen and oxygen atoms in total. The Hall–Kier alpha value is -1.61. The van der Waals surface area contributed by atoms with Crippen LogP contribution in [0.1, 0.15) is 18.1 Å². The van der Waals surface area contributed by atoms with E-state index in [-0.39, 0.29) is 35.1 Å². The maximum atomic E-state index is 13.5. The highest BCUT2D eigenvalue weighted by molar-refractivity contribution is 9.11. The summed E-state index contributed by atoms with van der Waals surface area (Å²) < 4.78 is 68.3. The number of nitriles is 1. The number of hydrogen-bond donors (Lipinski definition) is 0. The summed E-state index contributed by atoms with van der Waals surface area (Å²) in [5.41, 5.74) is -1.01. The monoisotopic (exact) mass is 493 g/mol. The molecule has 1 aliphatic rings. The van der Waals surface area contributed by atoms with Crippen molar-refractivity contribution in [3.05, 3.63) is 45.2 Å². The number of rotatable bonds is 3. The minimum Gasteiger partial charge on any atom is -0.368 e. The smallest absolute Gasteiger partial charge is 0.368 e. The largest absolute Gasteiger partial charge is 0.418 e. The van der Waals surface area contributed by atoms with Gasteiger partial charge in [0.25, 0.3) is 10.0 Å². The van der Waals surface area contributed by atoms with Gasteiger partial charge in [0.1, 0.15) is 4.21 Å². The Morgan fingerprint density at radius 3 is 2.50 bits per heavy atom. The Kier molecular flexibility index (Phi) is 5.78. The van der Waals surface area contributed by atoms with E-state index in [2.05, 4.69) is 15.9 Å². The molecule has 2 aromatic rings. The summed E-state index contributed by atoms with van der Waals surface area (Å²) in [5.74, 6) is 0. The quantitative estimate of drug-likeness (QED) is 0.639. The second-order valence-corrected chi connectivity index (χ2v) is 10.9. The summed E-state index contributed by atoms with van der Waals surface area (Å²) >= 11 is 4.33. The molecule has 3 rings (SSSR count). The van der Waals surface area contributed by atoms with Gasteiger partial charge in [-0.3, -0.25) is 0 Å². The molecule has 0 aliphatic carbocycles. The fourth-order valence-electron chi connectivity index (χ4n) is 3.18. The van der Waals surface area contributed by atoms with Crippen LogP contribution in [0, 0.1) is 11.3 Å². The third-order valence-electron chi connectivity index (χ3n) is 4.45. The van der Waals surface area contributed by atoms with Crippen LogP contribution in [0.25, 0.3) is 0 Å². The van der Waals surface area contributed by atoms with Crippen molar-refractivity contribution in [2.24, 2.45) is 0 Å². The number of anilines is 1. The zero-order chi connectivity index (χ0) is 20.7. The lowest BCUT2D eigenvalue weighted by Gasteiger charge is -2.40. The Labute approximate surface area is 173 Å². The van der Waals surface area contributed by atoms with E-state index in [0.29, 0.717) is 3.79 Å². The number of halogens is 4. The van der Waals surface area contributed by atoms with Gasteiger partial charge in [0.05, 0.1) is 21.0 Å². The third-order valence-corrected chi connectivity index (χ3v) is 8.55. The maximum absolute atomic E-state index is 13.5. The molecule has 1 aromatic carbocycles. The van der Waals surface area contributed by atoms with Gasteiger partial charge in [-0.1, -0.05) is 0 Å². The Balaban J connectivity index is 1.88. The van der Waals surface area contributed by atoms with Gasteiger partial charge < -0.3 is 4.90 Å². The van der Waals surface area contributed by atoms with Crippen LogP contribution in [0.5, 0.6) is 0 Å². The summed E-state index contributed by atoms with van der Waals surface area (Å²) in [6.07, 6.45) is -4.61. The number of piperazine rings is 1. The van der Waals surface area contributed by atoms with E-state index >= 15 is 0 Å². The number of alkyl halides is 3. The van der Waals surface area contributed by atoms with Crippen molar-refractivity contribution in [3.8, 4) is 6.07 Å². The molecule has 1 atom stereocenters. The lowest BCUT2D eigenvalue weighted by molar-refractivity contribution is -0.137. The molecule has 0 N–H and O–H groups in total. The first-order valence-electron chi connectivity index (χ1n) is 8.17. The first-order valence-corrected chi connectivity index (χ1v) is 11.2. The van der Waals surface area contributed by atoms with E-state index in [0.717, 1.165) is 17.4 Å². The SMILES string of the molecule is C[C@@H]1CN(c2ccc(C#N)cc2C(F)(F)F)CCN1S(=O)(=O)c1ccc(Br)s1. The van der Waals surface area contributed by atoms with Crippen LogP contribution in [0.3, 0.4) is 0 Å². The average molecular weight is 494 g/mol. The van der Waals surface area contributed by atoms with Gasteiger partial charge in [-0.05, 0) is 53.2 Å². The van der Waals surface area contributed by atoms with Crippen LogP contribution in [0.2, 0.25) is 0 Å². The molecule has 150 valence electrons. The van der Waals surface area contributed by atoms with Gasteiger partial charge in [0.15, 0.2) is 0 Å². The standard InChI is InChI=1S/C17H15BrF3N3O2S2/c1-11-10-23(14-3-2-12(9-22)8-13(14)17(19,20)21)6-7-24(11)28(25,26)16-5-4-15(18)27-16/h2-5,8,11H,6-7,10H2,1H3/t11-/m1/s1. The number of benzene rings is 1. The average Bonchev–Trinajstić information content (AvgIpc) is 3.07. The van der Waals surface area contributed by atoms with Crippen LogP contribution in [-0.4, -0.2) is 38.4 Å². The van der Waals surface area contributed by atoms with Crippen LogP contribution in [0.4, 0.5) is 18.9 Å². The van der Waals surface area contributed by atoms with Gasteiger partial charge in [-0.15, -0.1) is 11.3 Å². The molecule has 1 aromatic heterocycles. The number of hydrogen-bond acceptors (Lipinski definition) is 5. The molecule has 0 spiro atoms. The second kappa shape index (κ2) is 7.67. The predicted octanol–water partition coefficient (Wildman–Crippen LogP) is 4.30. The van der Waals surface area contributed by atoms with Crippen LogP contribution < -0.4 is 4.90 Å². The van der Waals surface area contributed by atoms with Crippen LogP contribution in [-0.2, 0) is 16.2 Å². The zero-order valence-electron chi connectivity index (χ0n) is 14.6. The first kappa shape index (κ1) is 21.1. The van der Waals surface area contributed by atoms with Gasteiger partial charge in [0.2, 0.25) is 0 Å². The van der Waals surface area contributed by atoms with E-state index in [9.17, 15) is 21.6 Å². The lowest BCUT2D eigenvalue weighted by Crippen LogP contribution is -2.54. The van der Waals surface area contributed by atoms with Crippen molar-refractivity contribution in [2.45, 2.75) is 23.4 Å². The van der Waals surface area contributed by atoms with Crippen molar-refractivity contribution in [2.75, 3.05) is 24.5 Å². The minimum absolute atomic E-state index is 0.0470. The van der Waals surface area contributed by atoms with E-state index in [1.54, 1.807) is 19.1 Å². The topological polar surface area (TPSA) is 64.4 Å². The van der Waals surface area contributed by atoms with Gasteiger partial charge in [0, 0.05) is 31.4 Å². The number of nitrogens with zero attached hydrogens (tertiary/aromatic N) is 3. The maximum Gasteiger partial charge on any atom is 0.418 e. The molecule has 28 heavy (non-hydrogen) atoms. The normalized spacial score (nSPS) is 18.9. The van der Waals surface area contributed by atoms with Gasteiger partial charge >= 0.3 is 6.18 Å². The van der Waals surface area contributed by atoms with E-state index in [1.807, 2.05) is 0 Å². The number of thiophene rings is 1. The fraction of sp³-hybridized carbons (Fsp3) is 0.353. The molecule has 11 heteroatoms. The third kappa shape index (κ3) is 4.05. The summed E-state index contributed by atoms with van der Waals surface area (Å²) in [6, 6.07) is 7.78. The summed E-state index contributed by atoms with van der Waals surface area (Å²) in [5, 5.41) is 8.90. The first-order chi connectivity index (χ1) is 13.0. The molecular weight excluding hydrogens is 479 g/mol. The molecule has 1 fully saturated rings. The van der Waals surface area contributed by atoms with Crippen molar-refractivity contribution in [1.82, 2.24) is 4.31 Å². The Morgan fingerprint density at radius 1 is 1.25 bits per heavy atom. The van der Waals surface area contributed by atoms with Gasteiger partial charge in [-0.2, -0.15) is 22.7 Å². The van der Waals surface area contributed by atoms with Gasteiger partial charge in [-0.25, -0.2) is 8.42 Å². The molecule has 2 heterocycles. The Morgan fingerprint density at radius 2 is 1.96 bits per heavy atom. The van der Waals surface area contributed by atoms with Crippen LogP contribution in [0.15, 0.2) is 38.3 Å². The van der Waals surface area contributed by atoms with Crippen molar-refractivity contribution in [3.63, 3.8) is 0 Å². The lowest BCUT2D eigenvalue weighted by atomic mass is 10.1. The highest BCUT2D eigenvalue weighted by Crippen LogP contribution is 2.38. The van der Waals surface area contributed by atoms with Crippen LogP contribution >= 0.6 is 27.3 Å². The summed E-state index contributed by atoms with van der Waals surface area (Å²) in [4.78, 5) is 1.52. The molecule has 1 saturated heterocycles. The highest BCUT2D eigenvalue weighted by atomic mass is 79.9. The molecule has 0 amide bonds.